The van der Waals surface area contributed by atoms with Gasteiger partial charge in [-0.2, -0.15) is 0 Å². The van der Waals surface area contributed by atoms with E-state index in [1.165, 1.54) is 136 Å². The van der Waals surface area contributed by atoms with Crippen LogP contribution in [0.3, 0.4) is 0 Å². The van der Waals surface area contributed by atoms with Gasteiger partial charge in [-0.25, -0.2) is 0 Å². The maximum absolute atomic E-state index is 2.33. The Labute approximate surface area is 441 Å². The summed E-state index contributed by atoms with van der Waals surface area (Å²) >= 11 is 0. The highest BCUT2D eigenvalue weighted by atomic mass is 14.2. The summed E-state index contributed by atoms with van der Waals surface area (Å²) in [7, 11) is 0. The number of hydrogen-bond donors (Lipinski definition) is 0. The van der Waals surface area contributed by atoms with Gasteiger partial charge in [-0.15, -0.1) is 0 Å². The summed E-state index contributed by atoms with van der Waals surface area (Å²) in [6.07, 6.45) is 0. The molecular formula is C75H62. The van der Waals surface area contributed by atoms with Crippen molar-refractivity contribution in [1.82, 2.24) is 0 Å². The summed E-state index contributed by atoms with van der Waals surface area (Å²) in [5, 5.41) is 24.3. The van der Waals surface area contributed by atoms with Crippen molar-refractivity contribution in [2.24, 2.45) is 0 Å². The Morgan fingerprint density at radius 3 is 1.23 bits per heavy atom. The lowest BCUT2D eigenvalue weighted by atomic mass is 9.83. The molecule has 14 rings (SSSR count). The van der Waals surface area contributed by atoms with Gasteiger partial charge in [-0.1, -0.05) is 278 Å². The van der Waals surface area contributed by atoms with E-state index in [1.807, 2.05) is 0 Å². The normalized spacial score (nSPS) is 11.7. The van der Waals surface area contributed by atoms with Gasteiger partial charge >= 0.3 is 0 Å². The van der Waals surface area contributed by atoms with Crippen LogP contribution in [0.15, 0.2) is 249 Å². The first-order valence-corrected chi connectivity index (χ1v) is 26.9. The highest BCUT2D eigenvalue weighted by Crippen LogP contribution is 2.46. The van der Waals surface area contributed by atoms with Crippen LogP contribution in [-0.2, 0) is 0 Å². The van der Waals surface area contributed by atoms with Gasteiger partial charge in [0.05, 0.1) is 0 Å². The molecule has 0 amide bonds. The van der Waals surface area contributed by atoms with E-state index in [2.05, 4.69) is 290 Å². The maximum atomic E-state index is 2.33. The molecule has 14 aromatic carbocycles. The molecule has 0 atom stereocenters. The number of benzene rings is 14. The zero-order chi connectivity index (χ0) is 51.2. The minimum absolute atomic E-state index is 0.452. The molecule has 0 heteroatoms. The van der Waals surface area contributed by atoms with Crippen LogP contribution in [0.2, 0.25) is 0 Å². The van der Waals surface area contributed by atoms with Gasteiger partial charge in [0.25, 0.3) is 0 Å². The lowest BCUT2D eigenvalue weighted by Crippen LogP contribution is -1.96. The molecule has 0 spiro atoms. The van der Waals surface area contributed by atoms with Gasteiger partial charge in [0.2, 0.25) is 0 Å². The molecular weight excluding hydrogens is 901 g/mol. The van der Waals surface area contributed by atoms with Gasteiger partial charge in [0.15, 0.2) is 0 Å². The van der Waals surface area contributed by atoms with Crippen LogP contribution in [0.1, 0.15) is 76.0 Å². The molecule has 0 saturated heterocycles. The smallest absolute Gasteiger partial charge is 0.00175 e. The summed E-state index contributed by atoms with van der Waals surface area (Å²) in [6, 6.07) is 90.6. The zero-order valence-corrected chi connectivity index (χ0v) is 43.9. The molecule has 0 nitrogen and oxygen atoms in total. The summed E-state index contributed by atoms with van der Waals surface area (Å²) in [6.45, 7) is 13.8. The average molecular weight is 963 g/mol. The second-order valence-corrected chi connectivity index (χ2v) is 21.2. The maximum Gasteiger partial charge on any atom is -0.00175 e. The molecule has 0 saturated carbocycles. The number of rotatable bonds is 5. The quantitative estimate of drug-likeness (QED) is 0.119. The van der Waals surface area contributed by atoms with Gasteiger partial charge in [-0.05, 0) is 166 Å². The third-order valence-electron chi connectivity index (χ3n) is 15.6. The number of hydrogen-bond acceptors (Lipinski definition) is 0. The van der Waals surface area contributed by atoms with Crippen molar-refractivity contribution in [3.05, 3.63) is 265 Å². The van der Waals surface area contributed by atoms with Crippen molar-refractivity contribution in [3.8, 4) is 22.3 Å². The van der Waals surface area contributed by atoms with Crippen LogP contribution in [0.4, 0.5) is 0 Å². The number of fused-ring (bicyclic) bond motifs is 12. The van der Waals surface area contributed by atoms with E-state index in [0.717, 1.165) is 0 Å². The van der Waals surface area contributed by atoms with Crippen LogP contribution < -0.4 is 0 Å². The Hall–Kier alpha value is -8.58. The predicted octanol–water partition coefficient (Wildman–Crippen LogP) is 22.1. The van der Waals surface area contributed by atoms with Crippen molar-refractivity contribution in [1.29, 1.82) is 0 Å². The third-order valence-corrected chi connectivity index (χ3v) is 15.6. The van der Waals surface area contributed by atoms with E-state index in [4.69, 9.17) is 0 Å². The molecule has 0 aliphatic heterocycles. The molecule has 0 heterocycles. The van der Waals surface area contributed by atoms with Crippen LogP contribution in [0.5, 0.6) is 0 Å². The van der Waals surface area contributed by atoms with E-state index in [-0.39, 0.29) is 0 Å². The molecule has 14 aromatic rings. The molecule has 0 fully saturated rings. The molecule has 0 N–H and O–H groups in total. The fourth-order valence-electron chi connectivity index (χ4n) is 12.3. The summed E-state index contributed by atoms with van der Waals surface area (Å²) in [5.74, 6) is 1.46. The van der Waals surface area contributed by atoms with E-state index >= 15 is 0 Å². The molecule has 0 radical (unpaired) electrons. The summed E-state index contributed by atoms with van der Waals surface area (Å²) in [4.78, 5) is 0. The van der Waals surface area contributed by atoms with E-state index in [1.54, 1.807) is 0 Å². The van der Waals surface area contributed by atoms with Gasteiger partial charge < -0.3 is 0 Å². The van der Waals surface area contributed by atoms with Crippen molar-refractivity contribution >= 4 is 97.0 Å². The Balaban J connectivity index is 0.000000115. The fourth-order valence-corrected chi connectivity index (χ4v) is 12.3. The van der Waals surface area contributed by atoms with E-state index in [9.17, 15) is 0 Å². The SMILES string of the molecule is CC(C)c1c2ccccc2c(-c2ccccc2)c2c1ccc1ccccc12.CC(C)c1c2ccccc2c(-c2ccccc2)c2ccc3ccccc3c12.CC(C)c1cccc2c1ccc1cc3ccccc3cc12. The van der Waals surface area contributed by atoms with Crippen LogP contribution in [0, 0.1) is 0 Å². The average Bonchev–Trinajstić information content (AvgIpc) is 3.50. The van der Waals surface area contributed by atoms with Crippen molar-refractivity contribution in [2.75, 3.05) is 0 Å². The molecule has 75 heavy (non-hydrogen) atoms. The van der Waals surface area contributed by atoms with Gasteiger partial charge in [-0.3, -0.25) is 0 Å². The minimum Gasteiger partial charge on any atom is -0.0622 e. The molecule has 0 aliphatic rings. The van der Waals surface area contributed by atoms with Crippen LogP contribution >= 0.6 is 0 Å². The van der Waals surface area contributed by atoms with E-state index < -0.39 is 0 Å². The molecule has 0 aromatic heterocycles. The highest BCUT2D eigenvalue weighted by Gasteiger charge is 2.21. The van der Waals surface area contributed by atoms with Crippen molar-refractivity contribution < 1.29 is 0 Å². The lowest BCUT2D eigenvalue weighted by Gasteiger charge is -2.20. The van der Waals surface area contributed by atoms with E-state index in [0.29, 0.717) is 17.8 Å². The zero-order valence-electron chi connectivity index (χ0n) is 43.9. The Morgan fingerprint density at radius 1 is 0.213 bits per heavy atom. The third kappa shape index (κ3) is 8.55. The Kier molecular flexibility index (Phi) is 12.7. The standard InChI is InChI=1S/2C27H22.C21H18/c1-18(2)25-22-14-8-9-15-23(22)26(20-11-4-3-5-12-20)24-17-16-19-10-6-7-13-21(19)27(24)25;1-18(2)25-22-14-8-9-15-23(22)26(20-11-4-3-5-12-20)27-21-13-7-6-10-19(21)16-17-24(25)27;1-14(2)18-8-5-9-19-20(18)11-10-17-12-15-6-3-4-7-16(15)13-21(17)19/h2*3-18H,1-2H3;3-14H,1-2H3. The minimum atomic E-state index is 0.452. The van der Waals surface area contributed by atoms with Gasteiger partial charge in [0.1, 0.15) is 0 Å². The lowest BCUT2D eigenvalue weighted by molar-refractivity contribution is 0.876. The van der Waals surface area contributed by atoms with Crippen LogP contribution in [-0.4, -0.2) is 0 Å². The molecule has 0 bridgehead atoms. The van der Waals surface area contributed by atoms with Crippen molar-refractivity contribution in [3.63, 3.8) is 0 Å². The monoisotopic (exact) mass is 962 g/mol. The summed E-state index contributed by atoms with van der Waals surface area (Å²) in [5.41, 5.74) is 9.60. The topological polar surface area (TPSA) is 0 Å². The first kappa shape index (κ1) is 47.4. The first-order valence-electron chi connectivity index (χ1n) is 26.9. The predicted molar refractivity (Wildman–Crippen MR) is 330 cm³/mol. The molecule has 0 aliphatic carbocycles. The largest absolute Gasteiger partial charge is 0.0622 e. The summed E-state index contributed by atoms with van der Waals surface area (Å²) < 4.78 is 0. The van der Waals surface area contributed by atoms with Gasteiger partial charge in [0, 0.05) is 0 Å². The first-order chi connectivity index (χ1) is 36.7. The molecule has 0 unspecified atom stereocenters. The second kappa shape index (κ2) is 20.0. The Morgan fingerprint density at radius 2 is 0.640 bits per heavy atom. The highest BCUT2D eigenvalue weighted by molar-refractivity contribution is 6.25. The Bertz CT molecular complexity index is 4420. The van der Waals surface area contributed by atoms with Crippen molar-refractivity contribution in [2.45, 2.75) is 59.3 Å². The molecule has 362 valence electrons. The van der Waals surface area contributed by atoms with Crippen LogP contribution in [0.25, 0.3) is 119 Å². The second-order valence-electron chi connectivity index (χ2n) is 21.2. The fraction of sp³-hybridized carbons (Fsp3) is 0.120.